The summed E-state index contributed by atoms with van der Waals surface area (Å²) in [5, 5.41) is 10.1. The Bertz CT molecular complexity index is 450. The second-order valence-electron chi connectivity index (χ2n) is 5.13. The molecule has 86 valence electrons. The van der Waals surface area contributed by atoms with Gasteiger partial charge < -0.3 is 15.6 Å². The van der Waals surface area contributed by atoms with E-state index in [1.807, 2.05) is 13.0 Å². The van der Waals surface area contributed by atoms with Gasteiger partial charge in [-0.2, -0.15) is 0 Å². The van der Waals surface area contributed by atoms with E-state index in [2.05, 4.69) is 0 Å². The molecule has 3 heteroatoms. The van der Waals surface area contributed by atoms with Crippen LogP contribution in [0.3, 0.4) is 0 Å². The summed E-state index contributed by atoms with van der Waals surface area (Å²) >= 11 is 0. The topological polar surface area (TPSA) is 55.5 Å². The SMILES string of the molecule is Cc1cc2c(c(CC3(N)CC3)c1O)CCO2. The first-order valence-corrected chi connectivity index (χ1v) is 5.85. The molecule has 1 aliphatic carbocycles. The summed E-state index contributed by atoms with van der Waals surface area (Å²) in [7, 11) is 0. The van der Waals surface area contributed by atoms with Crippen molar-refractivity contribution in [1.29, 1.82) is 0 Å². The zero-order chi connectivity index (χ0) is 11.3. The Labute approximate surface area is 95.2 Å². The van der Waals surface area contributed by atoms with Crippen LogP contribution in [0.4, 0.5) is 0 Å². The van der Waals surface area contributed by atoms with Gasteiger partial charge in [0.2, 0.25) is 0 Å². The monoisotopic (exact) mass is 219 g/mol. The summed E-state index contributed by atoms with van der Waals surface area (Å²) < 4.78 is 5.56. The van der Waals surface area contributed by atoms with E-state index in [1.54, 1.807) is 0 Å². The van der Waals surface area contributed by atoms with Crippen LogP contribution in [0.2, 0.25) is 0 Å². The van der Waals surface area contributed by atoms with Crippen molar-refractivity contribution >= 4 is 0 Å². The molecule has 0 aromatic heterocycles. The number of benzene rings is 1. The number of aryl methyl sites for hydroxylation is 1. The first kappa shape index (κ1) is 9.97. The highest BCUT2D eigenvalue weighted by Gasteiger charge is 2.40. The van der Waals surface area contributed by atoms with E-state index >= 15 is 0 Å². The number of fused-ring (bicyclic) bond motifs is 1. The maximum absolute atomic E-state index is 10.1. The maximum Gasteiger partial charge on any atom is 0.123 e. The van der Waals surface area contributed by atoms with E-state index in [-0.39, 0.29) is 5.54 Å². The highest BCUT2D eigenvalue weighted by atomic mass is 16.5. The maximum atomic E-state index is 10.1. The Morgan fingerprint density at radius 1 is 1.50 bits per heavy atom. The van der Waals surface area contributed by atoms with Gasteiger partial charge >= 0.3 is 0 Å². The lowest BCUT2D eigenvalue weighted by atomic mass is 9.94. The number of hydrogen-bond donors (Lipinski definition) is 2. The van der Waals surface area contributed by atoms with Crippen LogP contribution in [-0.2, 0) is 12.8 Å². The van der Waals surface area contributed by atoms with Crippen molar-refractivity contribution in [3.63, 3.8) is 0 Å². The number of nitrogens with two attached hydrogens (primary N) is 1. The largest absolute Gasteiger partial charge is 0.507 e. The minimum Gasteiger partial charge on any atom is -0.507 e. The van der Waals surface area contributed by atoms with Crippen LogP contribution in [0.1, 0.15) is 29.5 Å². The van der Waals surface area contributed by atoms with Crippen LogP contribution in [-0.4, -0.2) is 17.3 Å². The average Bonchev–Trinajstić information content (AvgIpc) is 2.77. The summed E-state index contributed by atoms with van der Waals surface area (Å²) in [6.45, 7) is 2.64. The van der Waals surface area contributed by atoms with Crippen molar-refractivity contribution in [2.24, 2.45) is 5.73 Å². The molecule has 1 saturated carbocycles. The highest BCUT2D eigenvalue weighted by Crippen LogP contribution is 2.43. The molecule has 1 aromatic rings. The van der Waals surface area contributed by atoms with Crippen LogP contribution < -0.4 is 10.5 Å². The van der Waals surface area contributed by atoms with Gasteiger partial charge in [0.1, 0.15) is 11.5 Å². The van der Waals surface area contributed by atoms with Gasteiger partial charge in [0, 0.05) is 23.1 Å². The molecule has 0 radical (unpaired) electrons. The van der Waals surface area contributed by atoms with Gasteiger partial charge in [-0.1, -0.05) is 0 Å². The molecular weight excluding hydrogens is 202 g/mol. The Morgan fingerprint density at radius 2 is 2.25 bits per heavy atom. The molecule has 1 heterocycles. The Hall–Kier alpha value is -1.22. The van der Waals surface area contributed by atoms with Gasteiger partial charge in [-0.05, 0) is 37.8 Å². The fourth-order valence-corrected chi connectivity index (χ4v) is 2.43. The summed E-state index contributed by atoms with van der Waals surface area (Å²) in [5.74, 6) is 1.36. The lowest BCUT2D eigenvalue weighted by Crippen LogP contribution is -2.25. The molecule has 0 bridgehead atoms. The fourth-order valence-electron chi connectivity index (χ4n) is 2.43. The number of aromatic hydroxyl groups is 1. The summed E-state index contributed by atoms with van der Waals surface area (Å²) in [6, 6.07) is 1.93. The molecule has 1 aromatic carbocycles. The van der Waals surface area contributed by atoms with Crippen LogP contribution >= 0.6 is 0 Å². The third-order valence-electron chi connectivity index (χ3n) is 3.70. The standard InChI is InChI=1S/C13H17NO2/c1-8-6-11-9(2-5-16-11)10(12(8)15)7-13(14)3-4-13/h6,15H,2-5,7,14H2,1H3. The molecule has 3 N–H and O–H groups in total. The minimum atomic E-state index is -0.0678. The van der Waals surface area contributed by atoms with Crippen molar-refractivity contribution in [1.82, 2.24) is 0 Å². The van der Waals surface area contributed by atoms with Gasteiger partial charge in [0.25, 0.3) is 0 Å². The second-order valence-corrected chi connectivity index (χ2v) is 5.13. The molecule has 2 aliphatic rings. The summed E-state index contributed by atoms with van der Waals surface area (Å²) in [4.78, 5) is 0. The molecule has 0 amide bonds. The van der Waals surface area contributed by atoms with Crippen molar-refractivity contribution < 1.29 is 9.84 Å². The van der Waals surface area contributed by atoms with E-state index in [0.717, 1.165) is 49.2 Å². The van der Waals surface area contributed by atoms with Crippen LogP contribution in [0.15, 0.2) is 6.07 Å². The molecular formula is C13H17NO2. The van der Waals surface area contributed by atoms with Crippen molar-refractivity contribution in [2.45, 2.75) is 38.1 Å². The van der Waals surface area contributed by atoms with E-state index < -0.39 is 0 Å². The van der Waals surface area contributed by atoms with Crippen molar-refractivity contribution in [2.75, 3.05) is 6.61 Å². The smallest absolute Gasteiger partial charge is 0.123 e. The van der Waals surface area contributed by atoms with Crippen molar-refractivity contribution in [3.05, 3.63) is 22.8 Å². The molecule has 0 spiro atoms. The number of rotatable bonds is 2. The Kier molecular flexibility index (Phi) is 1.96. The molecule has 16 heavy (non-hydrogen) atoms. The quantitative estimate of drug-likeness (QED) is 0.795. The number of phenols is 1. The normalized spacial score (nSPS) is 20.4. The van der Waals surface area contributed by atoms with Gasteiger partial charge in [0.05, 0.1) is 6.61 Å². The number of phenolic OH excluding ortho intramolecular Hbond substituents is 1. The molecule has 0 saturated heterocycles. The van der Waals surface area contributed by atoms with Gasteiger partial charge in [-0.3, -0.25) is 0 Å². The number of hydrogen-bond acceptors (Lipinski definition) is 3. The predicted octanol–water partition coefficient (Wildman–Crippen LogP) is 1.67. The summed E-state index contributed by atoms with van der Waals surface area (Å²) in [5.41, 5.74) is 9.15. The molecule has 1 aliphatic heterocycles. The molecule has 3 nitrogen and oxygen atoms in total. The van der Waals surface area contributed by atoms with Gasteiger partial charge in [-0.15, -0.1) is 0 Å². The van der Waals surface area contributed by atoms with Crippen LogP contribution in [0.5, 0.6) is 11.5 Å². The molecule has 0 unspecified atom stereocenters. The third kappa shape index (κ3) is 1.47. The van der Waals surface area contributed by atoms with Gasteiger partial charge in [-0.25, -0.2) is 0 Å². The fraction of sp³-hybridized carbons (Fsp3) is 0.538. The van der Waals surface area contributed by atoms with Crippen LogP contribution in [0.25, 0.3) is 0 Å². The van der Waals surface area contributed by atoms with E-state index in [0.29, 0.717) is 5.75 Å². The number of ether oxygens (including phenoxy) is 1. The Morgan fingerprint density at radius 3 is 2.94 bits per heavy atom. The highest BCUT2D eigenvalue weighted by molar-refractivity contribution is 5.55. The van der Waals surface area contributed by atoms with E-state index in [1.165, 1.54) is 5.56 Å². The second kappa shape index (κ2) is 3.14. The first-order chi connectivity index (χ1) is 7.59. The molecule has 1 fully saturated rings. The third-order valence-corrected chi connectivity index (χ3v) is 3.70. The molecule has 3 rings (SSSR count). The predicted molar refractivity (Wildman–Crippen MR) is 61.9 cm³/mol. The van der Waals surface area contributed by atoms with E-state index in [4.69, 9.17) is 10.5 Å². The van der Waals surface area contributed by atoms with E-state index in [9.17, 15) is 5.11 Å². The van der Waals surface area contributed by atoms with Crippen molar-refractivity contribution in [3.8, 4) is 11.5 Å². The first-order valence-electron chi connectivity index (χ1n) is 5.85. The molecule has 0 atom stereocenters. The average molecular weight is 219 g/mol. The lowest BCUT2D eigenvalue weighted by molar-refractivity contribution is 0.356. The summed E-state index contributed by atoms with van der Waals surface area (Å²) in [6.07, 6.45) is 3.81. The zero-order valence-electron chi connectivity index (χ0n) is 9.55. The zero-order valence-corrected chi connectivity index (χ0v) is 9.55. The Balaban J connectivity index is 2.07. The minimum absolute atomic E-state index is 0.0678. The van der Waals surface area contributed by atoms with Crippen LogP contribution in [0, 0.1) is 6.92 Å². The van der Waals surface area contributed by atoms with Gasteiger partial charge in [0.15, 0.2) is 0 Å². The lowest BCUT2D eigenvalue weighted by Gasteiger charge is -2.15.